The summed E-state index contributed by atoms with van der Waals surface area (Å²) < 4.78 is 18.7. The molecule has 3 N–H and O–H groups in total. The Morgan fingerprint density at radius 1 is 1.47 bits per heavy atom. The van der Waals surface area contributed by atoms with E-state index in [1.165, 1.54) is 12.1 Å². The third-order valence-electron chi connectivity index (χ3n) is 2.79. The van der Waals surface area contributed by atoms with Gasteiger partial charge in [-0.3, -0.25) is 4.79 Å². The first-order chi connectivity index (χ1) is 8.20. The molecule has 2 atom stereocenters. The van der Waals surface area contributed by atoms with E-state index < -0.39 is 11.9 Å². The second-order valence-corrected chi connectivity index (χ2v) is 4.03. The number of amides is 1. The lowest BCUT2D eigenvalue weighted by Crippen LogP contribution is -2.30. The Morgan fingerprint density at radius 2 is 2.24 bits per heavy atom. The van der Waals surface area contributed by atoms with Gasteiger partial charge in [0.15, 0.2) is 0 Å². The number of carbonyl (C=O) groups excluding carboxylic acids is 1. The molecule has 0 aromatic heterocycles. The summed E-state index contributed by atoms with van der Waals surface area (Å²) in [5, 5.41) is 2.52. The van der Waals surface area contributed by atoms with Gasteiger partial charge in [0.2, 0.25) is 0 Å². The first-order valence-corrected chi connectivity index (χ1v) is 5.61. The maximum atomic E-state index is 13.3. The summed E-state index contributed by atoms with van der Waals surface area (Å²) >= 11 is 0. The molecule has 5 heteroatoms. The van der Waals surface area contributed by atoms with E-state index in [1.54, 1.807) is 12.1 Å². The number of benzene rings is 1. The fraction of sp³-hybridized carbons (Fsp3) is 0.417. The smallest absolute Gasteiger partial charge is 0.253 e. The molecule has 1 aromatic rings. The highest BCUT2D eigenvalue weighted by Crippen LogP contribution is 2.21. The molecule has 92 valence electrons. The van der Waals surface area contributed by atoms with Gasteiger partial charge in [-0.15, -0.1) is 0 Å². The molecule has 0 spiro atoms. The molecule has 0 bridgehead atoms. The summed E-state index contributed by atoms with van der Waals surface area (Å²) in [6, 6.07) is 6.05. The maximum Gasteiger partial charge on any atom is 0.253 e. The van der Waals surface area contributed by atoms with E-state index in [4.69, 9.17) is 10.5 Å². The van der Waals surface area contributed by atoms with E-state index in [0.717, 1.165) is 6.42 Å². The van der Waals surface area contributed by atoms with Crippen molar-refractivity contribution in [2.45, 2.75) is 25.0 Å². The van der Waals surface area contributed by atoms with Crippen LogP contribution in [0.5, 0.6) is 0 Å². The molecule has 1 heterocycles. The van der Waals surface area contributed by atoms with Crippen LogP contribution >= 0.6 is 0 Å². The van der Waals surface area contributed by atoms with Gasteiger partial charge in [-0.1, -0.05) is 12.1 Å². The third-order valence-corrected chi connectivity index (χ3v) is 2.79. The zero-order chi connectivity index (χ0) is 12.3. The van der Waals surface area contributed by atoms with E-state index in [-0.39, 0.29) is 17.7 Å². The van der Waals surface area contributed by atoms with Crippen molar-refractivity contribution >= 4 is 11.6 Å². The zero-order valence-corrected chi connectivity index (χ0v) is 9.36. The fourth-order valence-electron chi connectivity index (χ4n) is 1.85. The van der Waals surface area contributed by atoms with Crippen molar-refractivity contribution < 1.29 is 13.9 Å². The van der Waals surface area contributed by atoms with Gasteiger partial charge in [0.05, 0.1) is 11.8 Å². The molecule has 0 saturated carbocycles. The van der Waals surface area contributed by atoms with E-state index in [9.17, 15) is 9.18 Å². The number of ether oxygens (including phenoxy) is 1. The second-order valence-electron chi connectivity index (χ2n) is 4.03. The summed E-state index contributed by atoms with van der Waals surface area (Å²) in [5.74, 6) is -0.764. The number of hydrogen-bond donors (Lipinski definition) is 2. The predicted molar refractivity (Wildman–Crippen MR) is 62.0 cm³/mol. The summed E-state index contributed by atoms with van der Waals surface area (Å²) in [6.45, 7) is 0.406. The molecule has 1 aliphatic rings. The van der Waals surface area contributed by atoms with Crippen LogP contribution in [0.15, 0.2) is 24.3 Å². The third kappa shape index (κ3) is 2.81. The molecule has 0 unspecified atom stereocenters. The standard InChI is InChI=1S/C12H15FN2O2/c13-9-3-1-2-4-10(9)15-12(16)11-6-5-8(7-14)17-11/h1-4,8,11H,5-7,14H2,(H,15,16)/t8-,11+/m1/s1. The van der Waals surface area contributed by atoms with Gasteiger partial charge in [0.1, 0.15) is 11.9 Å². The van der Waals surface area contributed by atoms with Gasteiger partial charge < -0.3 is 15.8 Å². The molecular formula is C12H15FN2O2. The predicted octanol–water partition coefficient (Wildman–Crippen LogP) is 1.27. The van der Waals surface area contributed by atoms with Gasteiger partial charge in [-0.2, -0.15) is 0 Å². The quantitative estimate of drug-likeness (QED) is 0.833. The fourth-order valence-corrected chi connectivity index (χ4v) is 1.85. The number of nitrogens with one attached hydrogen (secondary N) is 1. The van der Waals surface area contributed by atoms with Crippen LogP contribution in [0, 0.1) is 5.82 Å². The van der Waals surface area contributed by atoms with Gasteiger partial charge in [-0.05, 0) is 25.0 Å². The van der Waals surface area contributed by atoms with Crippen LogP contribution in [0.3, 0.4) is 0 Å². The van der Waals surface area contributed by atoms with Crippen molar-refractivity contribution in [2.75, 3.05) is 11.9 Å². The van der Waals surface area contributed by atoms with Crippen LogP contribution in [0.2, 0.25) is 0 Å². The lowest BCUT2D eigenvalue weighted by Gasteiger charge is -2.12. The lowest BCUT2D eigenvalue weighted by atomic mass is 10.2. The normalized spacial score (nSPS) is 23.6. The molecule has 2 rings (SSSR count). The highest BCUT2D eigenvalue weighted by Gasteiger charge is 2.30. The van der Waals surface area contributed by atoms with Gasteiger partial charge >= 0.3 is 0 Å². The molecule has 1 fully saturated rings. The molecule has 1 aromatic carbocycles. The van der Waals surface area contributed by atoms with E-state index in [2.05, 4.69) is 5.32 Å². The molecule has 1 amide bonds. The molecule has 17 heavy (non-hydrogen) atoms. The highest BCUT2D eigenvalue weighted by molar-refractivity contribution is 5.94. The van der Waals surface area contributed by atoms with Crippen LogP contribution in [0.1, 0.15) is 12.8 Å². The van der Waals surface area contributed by atoms with Crippen LogP contribution in [-0.4, -0.2) is 24.7 Å². The first-order valence-electron chi connectivity index (χ1n) is 5.61. The molecular weight excluding hydrogens is 223 g/mol. The number of para-hydroxylation sites is 1. The Labute approximate surface area is 98.9 Å². The van der Waals surface area contributed by atoms with Gasteiger partial charge in [-0.25, -0.2) is 4.39 Å². The number of nitrogens with two attached hydrogens (primary N) is 1. The van der Waals surface area contributed by atoms with Crippen LogP contribution in [0.4, 0.5) is 10.1 Å². The lowest BCUT2D eigenvalue weighted by molar-refractivity contribution is -0.126. The van der Waals surface area contributed by atoms with Crippen molar-refractivity contribution in [1.29, 1.82) is 0 Å². The largest absolute Gasteiger partial charge is 0.364 e. The molecule has 4 nitrogen and oxygen atoms in total. The topological polar surface area (TPSA) is 64.4 Å². The van der Waals surface area contributed by atoms with Gasteiger partial charge in [0, 0.05) is 6.54 Å². The average molecular weight is 238 g/mol. The van der Waals surface area contributed by atoms with E-state index >= 15 is 0 Å². The van der Waals surface area contributed by atoms with E-state index in [1.807, 2.05) is 0 Å². The summed E-state index contributed by atoms with van der Waals surface area (Å²) in [4.78, 5) is 11.8. The molecule has 1 aliphatic heterocycles. The van der Waals surface area contributed by atoms with Crippen LogP contribution in [0.25, 0.3) is 0 Å². The molecule has 0 aliphatic carbocycles. The van der Waals surface area contributed by atoms with Crippen molar-refractivity contribution in [3.05, 3.63) is 30.1 Å². The average Bonchev–Trinajstić information content (AvgIpc) is 2.81. The molecule has 1 saturated heterocycles. The summed E-state index contributed by atoms with van der Waals surface area (Å²) in [6.07, 6.45) is 0.808. The SMILES string of the molecule is NC[C@H]1CC[C@@H](C(=O)Nc2ccccc2F)O1. The minimum atomic E-state index is -0.525. The minimum Gasteiger partial charge on any atom is -0.364 e. The van der Waals surface area contributed by atoms with Crippen molar-refractivity contribution in [3.63, 3.8) is 0 Å². The van der Waals surface area contributed by atoms with Crippen molar-refractivity contribution in [1.82, 2.24) is 0 Å². The number of anilines is 1. The monoisotopic (exact) mass is 238 g/mol. The highest BCUT2D eigenvalue weighted by atomic mass is 19.1. The minimum absolute atomic E-state index is 0.0635. The Kier molecular flexibility index (Phi) is 3.71. The van der Waals surface area contributed by atoms with Gasteiger partial charge in [0.25, 0.3) is 5.91 Å². The Bertz CT molecular complexity index is 411. The van der Waals surface area contributed by atoms with Crippen LogP contribution in [-0.2, 0) is 9.53 Å². The first kappa shape index (κ1) is 12.0. The summed E-state index contributed by atoms with van der Waals surface area (Å²) in [5.41, 5.74) is 5.63. The summed E-state index contributed by atoms with van der Waals surface area (Å²) in [7, 11) is 0. The number of hydrogen-bond acceptors (Lipinski definition) is 3. The second kappa shape index (κ2) is 5.25. The van der Waals surface area contributed by atoms with E-state index in [0.29, 0.717) is 13.0 Å². The Balaban J connectivity index is 1.96. The van der Waals surface area contributed by atoms with Crippen molar-refractivity contribution in [2.24, 2.45) is 5.73 Å². The maximum absolute atomic E-state index is 13.3. The Morgan fingerprint density at radius 3 is 2.88 bits per heavy atom. The van der Waals surface area contributed by atoms with Crippen LogP contribution < -0.4 is 11.1 Å². The van der Waals surface area contributed by atoms with Crippen molar-refractivity contribution in [3.8, 4) is 0 Å². The number of rotatable bonds is 3. The number of carbonyl (C=O) groups is 1. The Hall–Kier alpha value is -1.46. The number of halogens is 1. The zero-order valence-electron chi connectivity index (χ0n) is 9.36. The molecule has 0 radical (unpaired) electrons.